The van der Waals surface area contributed by atoms with Crippen molar-refractivity contribution in [1.82, 2.24) is 4.90 Å². The summed E-state index contributed by atoms with van der Waals surface area (Å²) in [5, 5.41) is 20.7. The summed E-state index contributed by atoms with van der Waals surface area (Å²) in [6.45, 7) is 0. The van der Waals surface area contributed by atoms with E-state index >= 15 is 0 Å². The van der Waals surface area contributed by atoms with Crippen molar-refractivity contribution >= 4 is 46.3 Å². The van der Waals surface area contributed by atoms with Gasteiger partial charge in [-0.05, 0) is 66.6 Å². The van der Waals surface area contributed by atoms with E-state index in [0.29, 0.717) is 21.3 Å². The van der Waals surface area contributed by atoms with Gasteiger partial charge in [-0.25, -0.2) is 9.79 Å². The quantitative estimate of drug-likeness (QED) is 0.378. The fraction of sp³-hybridized carbons (Fsp3) is 0.261. The Morgan fingerprint density at radius 2 is 1.88 bits per heavy atom. The molecule has 1 saturated carbocycles. The highest BCUT2D eigenvalue weighted by molar-refractivity contribution is 8.18. The van der Waals surface area contributed by atoms with Crippen molar-refractivity contribution in [3.8, 4) is 0 Å². The van der Waals surface area contributed by atoms with E-state index in [1.807, 2.05) is 0 Å². The molecule has 1 aliphatic carbocycles. The van der Waals surface area contributed by atoms with Crippen LogP contribution in [0.25, 0.3) is 6.08 Å². The number of non-ortho nitro benzene ring substituents is 1. The van der Waals surface area contributed by atoms with E-state index in [4.69, 9.17) is 0 Å². The Morgan fingerprint density at radius 1 is 1.16 bits per heavy atom. The molecule has 2 aromatic carbocycles. The second-order valence-corrected chi connectivity index (χ2v) is 8.69. The molecule has 0 atom stereocenters. The number of thioether (sulfide) groups is 1. The van der Waals surface area contributed by atoms with Crippen LogP contribution in [0.3, 0.4) is 0 Å². The molecule has 9 heteroatoms. The van der Waals surface area contributed by atoms with Crippen LogP contribution in [0.2, 0.25) is 0 Å². The number of rotatable bonds is 5. The Hall–Kier alpha value is -3.46. The Kier molecular flexibility index (Phi) is 6.36. The number of carbonyl (C=O) groups excluding carboxylic acids is 1. The molecule has 2 aliphatic rings. The van der Waals surface area contributed by atoms with Crippen molar-refractivity contribution in [3.63, 3.8) is 0 Å². The highest BCUT2D eigenvalue weighted by Gasteiger charge is 2.38. The van der Waals surface area contributed by atoms with Gasteiger partial charge in [0.2, 0.25) is 0 Å². The van der Waals surface area contributed by atoms with Crippen LogP contribution in [0.4, 0.5) is 11.4 Å². The maximum absolute atomic E-state index is 13.3. The Balaban J connectivity index is 1.69. The van der Waals surface area contributed by atoms with Gasteiger partial charge in [0.25, 0.3) is 11.6 Å². The molecule has 2 fully saturated rings. The predicted octanol–water partition coefficient (Wildman–Crippen LogP) is 5.23. The monoisotopic (exact) mass is 451 g/mol. The lowest BCUT2D eigenvalue weighted by Crippen LogP contribution is -2.40. The number of hydrogen-bond acceptors (Lipinski definition) is 6. The normalized spacial score (nSPS) is 19.6. The summed E-state index contributed by atoms with van der Waals surface area (Å²) in [4.78, 5) is 41.9. The van der Waals surface area contributed by atoms with Crippen LogP contribution >= 0.6 is 11.8 Å². The summed E-state index contributed by atoms with van der Waals surface area (Å²) in [7, 11) is 0. The van der Waals surface area contributed by atoms with E-state index in [0.717, 1.165) is 32.1 Å². The van der Waals surface area contributed by atoms with Gasteiger partial charge in [-0.1, -0.05) is 25.3 Å². The molecule has 8 nitrogen and oxygen atoms in total. The summed E-state index contributed by atoms with van der Waals surface area (Å²) in [6, 6.07) is 12.4. The number of carboxylic acids is 1. The van der Waals surface area contributed by atoms with Gasteiger partial charge in [0.05, 0.1) is 21.1 Å². The molecular formula is C23H21N3O5S. The van der Waals surface area contributed by atoms with Crippen LogP contribution in [-0.2, 0) is 4.79 Å². The van der Waals surface area contributed by atoms with Crippen molar-refractivity contribution in [2.75, 3.05) is 0 Å². The number of carbonyl (C=O) groups is 2. The van der Waals surface area contributed by atoms with Gasteiger partial charge in [0.1, 0.15) is 0 Å². The lowest BCUT2D eigenvalue weighted by molar-refractivity contribution is -0.384. The maximum Gasteiger partial charge on any atom is 0.335 e. The molecular weight excluding hydrogens is 430 g/mol. The number of amidine groups is 1. The number of nitro benzene ring substituents is 1. The third-order valence-electron chi connectivity index (χ3n) is 5.50. The van der Waals surface area contributed by atoms with E-state index in [1.165, 1.54) is 36.0 Å². The number of aromatic carboxylic acids is 1. The lowest BCUT2D eigenvalue weighted by Gasteiger charge is -2.30. The summed E-state index contributed by atoms with van der Waals surface area (Å²) < 4.78 is 0. The Labute approximate surface area is 188 Å². The van der Waals surface area contributed by atoms with Gasteiger partial charge in [0, 0.05) is 18.2 Å². The minimum Gasteiger partial charge on any atom is -0.478 e. The molecule has 32 heavy (non-hydrogen) atoms. The van der Waals surface area contributed by atoms with Crippen molar-refractivity contribution in [2.45, 2.75) is 38.1 Å². The summed E-state index contributed by atoms with van der Waals surface area (Å²) >= 11 is 1.24. The standard InChI is InChI=1S/C23H21N3O5S/c27-21-20(13-15-9-11-19(12-10-15)26(30)31)32-23(25(21)18-7-2-1-3-8-18)24-17-6-4-5-16(14-17)22(28)29/h4-6,9-14,18H,1-3,7-8H2,(H,28,29)/b20-13-,24-23?. The van der Waals surface area contributed by atoms with E-state index in [2.05, 4.69) is 4.99 Å². The van der Waals surface area contributed by atoms with Crippen molar-refractivity contribution in [3.05, 3.63) is 74.7 Å². The zero-order valence-corrected chi connectivity index (χ0v) is 18.0. The number of aliphatic imine (C=N–C) groups is 1. The zero-order valence-electron chi connectivity index (χ0n) is 17.1. The van der Waals surface area contributed by atoms with Crippen molar-refractivity contribution in [2.24, 2.45) is 4.99 Å². The number of benzene rings is 2. The molecule has 0 unspecified atom stereocenters. The van der Waals surface area contributed by atoms with Crippen LogP contribution < -0.4 is 0 Å². The summed E-state index contributed by atoms with van der Waals surface area (Å²) in [6.07, 6.45) is 6.73. The van der Waals surface area contributed by atoms with Crippen molar-refractivity contribution in [1.29, 1.82) is 0 Å². The summed E-state index contributed by atoms with van der Waals surface area (Å²) in [5.74, 6) is -1.18. The maximum atomic E-state index is 13.3. The average Bonchev–Trinajstić information content (AvgIpc) is 3.09. The van der Waals surface area contributed by atoms with Crippen LogP contribution in [-0.4, -0.2) is 38.0 Å². The van der Waals surface area contributed by atoms with Gasteiger partial charge < -0.3 is 5.11 Å². The SMILES string of the molecule is O=C(O)c1cccc(N=C2S/C(=C\c3ccc([N+](=O)[O-])cc3)C(=O)N2C2CCCCC2)c1. The number of carboxylic acid groups (broad SMARTS) is 1. The van der Waals surface area contributed by atoms with Gasteiger partial charge >= 0.3 is 5.97 Å². The van der Waals surface area contributed by atoms with Gasteiger partial charge in [-0.2, -0.15) is 0 Å². The number of nitrogens with zero attached hydrogens (tertiary/aromatic N) is 3. The van der Waals surface area contributed by atoms with Crippen molar-refractivity contribution < 1.29 is 19.6 Å². The minimum absolute atomic E-state index is 0.0121. The molecule has 1 amide bonds. The van der Waals surface area contributed by atoms with Crippen LogP contribution in [0, 0.1) is 10.1 Å². The fourth-order valence-electron chi connectivity index (χ4n) is 3.89. The molecule has 164 valence electrons. The van der Waals surface area contributed by atoms with E-state index in [1.54, 1.807) is 35.2 Å². The first-order valence-corrected chi connectivity index (χ1v) is 11.1. The topological polar surface area (TPSA) is 113 Å². The second kappa shape index (κ2) is 9.35. The minimum atomic E-state index is -1.04. The molecule has 0 aromatic heterocycles. The summed E-state index contributed by atoms with van der Waals surface area (Å²) in [5.41, 5.74) is 1.27. The highest BCUT2D eigenvalue weighted by atomic mass is 32.2. The third kappa shape index (κ3) is 4.72. The third-order valence-corrected chi connectivity index (χ3v) is 6.48. The lowest BCUT2D eigenvalue weighted by atomic mass is 9.94. The first-order chi connectivity index (χ1) is 15.4. The van der Waals surface area contributed by atoms with Gasteiger partial charge in [-0.15, -0.1) is 0 Å². The molecule has 1 aliphatic heterocycles. The molecule has 1 N–H and O–H groups in total. The van der Waals surface area contributed by atoms with Gasteiger partial charge in [-0.3, -0.25) is 19.8 Å². The highest BCUT2D eigenvalue weighted by Crippen LogP contribution is 2.38. The Morgan fingerprint density at radius 3 is 2.53 bits per heavy atom. The molecule has 0 radical (unpaired) electrons. The van der Waals surface area contributed by atoms with E-state index in [-0.39, 0.29) is 23.2 Å². The molecule has 1 heterocycles. The van der Waals surface area contributed by atoms with E-state index in [9.17, 15) is 24.8 Å². The average molecular weight is 452 g/mol. The smallest absolute Gasteiger partial charge is 0.335 e. The first kappa shape index (κ1) is 21.8. The first-order valence-electron chi connectivity index (χ1n) is 10.3. The molecule has 0 spiro atoms. The molecule has 1 saturated heterocycles. The largest absolute Gasteiger partial charge is 0.478 e. The number of amides is 1. The molecule has 2 aromatic rings. The fourth-order valence-corrected chi connectivity index (χ4v) is 4.95. The molecule has 4 rings (SSSR count). The number of hydrogen-bond donors (Lipinski definition) is 1. The van der Waals surface area contributed by atoms with Gasteiger partial charge in [0.15, 0.2) is 5.17 Å². The van der Waals surface area contributed by atoms with Crippen LogP contribution in [0.5, 0.6) is 0 Å². The Bertz CT molecular complexity index is 1120. The van der Waals surface area contributed by atoms with Crippen LogP contribution in [0.15, 0.2) is 58.4 Å². The predicted molar refractivity (Wildman–Crippen MR) is 123 cm³/mol. The second-order valence-electron chi connectivity index (χ2n) is 7.68. The van der Waals surface area contributed by atoms with Crippen LogP contribution in [0.1, 0.15) is 48.0 Å². The molecule has 0 bridgehead atoms. The van der Waals surface area contributed by atoms with E-state index < -0.39 is 10.9 Å². The number of nitro groups is 1. The zero-order chi connectivity index (χ0) is 22.7.